The lowest BCUT2D eigenvalue weighted by Gasteiger charge is -2.26. The summed E-state index contributed by atoms with van der Waals surface area (Å²) >= 11 is 6.88. The predicted octanol–water partition coefficient (Wildman–Crippen LogP) is 3.05. The average Bonchev–Trinajstić information content (AvgIpc) is 2.95. The van der Waals surface area contributed by atoms with Gasteiger partial charge in [0.05, 0.1) is 12.2 Å². The Labute approximate surface area is 142 Å². The van der Waals surface area contributed by atoms with Crippen LogP contribution < -0.4 is 5.32 Å². The first-order chi connectivity index (χ1) is 10.1. The third-order valence-corrected chi connectivity index (χ3v) is 4.77. The molecule has 0 spiro atoms. The van der Waals surface area contributed by atoms with Gasteiger partial charge in [-0.15, -0.1) is 0 Å². The molecule has 1 atom stereocenters. The number of methoxy groups -OCH3 is 1. The molecule has 1 aliphatic heterocycles. The summed E-state index contributed by atoms with van der Waals surface area (Å²) in [4.78, 5) is 14.6. The Bertz CT molecular complexity index is 491. The number of hydrogen-bond acceptors (Lipinski definition) is 3. The summed E-state index contributed by atoms with van der Waals surface area (Å²) in [6, 6.07) is 6.02. The fourth-order valence-electron chi connectivity index (χ4n) is 2.49. The van der Waals surface area contributed by atoms with Gasteiger partial charge in [0.2, 0.25) is 0 Å². The van der Waals surface area contributed by atoms with Gasteiger partial charge < -0.3 is 15.0 Å². The molecule has 0 saturated carbocycles. The van der Waals surface area contributed by atoms with Crippen molar-refractivity contribution in [3.8, 4) is 0 Å². The monoisotopic (exact) mass is 418 g/mol. The number of carbonyl (C=O) groups excluding carboxylic acids is 1. The Hall–Kier alpha value is -0.430. The second-order valence-electron chi connectivity index (χ2n) is 5.16. The molecule has 0 radical (unpaired) electrons. The number of rotatable bonds is 6. The van der Waals surface area contributed by atoms with Gasteiger partial charge >= 0.3 is 0 Å². The van der Waals surface area contributed by atoms with E-state index in [1.807, 2.05) is 23.1 Å². The van der Waals surface area contributed by atoms with Crippen LogP contribution in [0.4, 0.5) is 0 Å². The van der Waals surface area contributed by atoms with Crippen LogP contribution in [0.15, 0.2) is 27.1 Å². The van der Waals surface area contributed by atoms with Crippen molar-refractivity contribution in [1.82, 2.24) is 10.2 Å². The van der Waals surface area contributed by atoms with Crippen molar-refractivity contribution >= 4 is 37.8 Å². The number of hydrogen-bond donors (Lipinski definition) is 1. The smallest absolute Gasteiger partial charge is 0.255 e. The van der Waals surface area contributed by atoms with Crippen LogP contribution in [0.2, 0.25) is 0 Å². The summed E-state index contributed by atoms with van der Waals surface area (Å²) in [6.07, 6.45) is 2.30. The van der Waals surface area contributed by atoms with Gasteiger partial charge in [-0.05, 0) is 53.5 Å². The summed E-state index contributed by atoms with van der Waals surface area (Å²) in [5.41, 5.74) is 0.687. The Kier molecular flexibility index (Phi) is 6.67. The van der Waals surface area contributed by atoms with Gasteiger partial charge in [-0.1, -0.05) is 15.9 Å². The van der Waals surface area contributed by atoms with Gasteiger partial charge in [-0.3, -0.25) is 4.79 Å². The van der Waals surface area contributed by atoms with E-state index in [4.69, 9.17) is 4.74 Å². The standard InChI is InChI=1S/C15H20Br2N2O2/c1-21-8-7-19(10-12-3-2-6-18-12)15(20)13-5-4-11(16)9-14(13)17/h4-5,9,12,18H,2-3,6-8,10H2,1H3. The maximum atomic E-state index is 12.8. The zero-order valence-corrected chi connectivity index (χ0v) is 15.2. The molecule has 2 rings (SSSR count). The van der Waals surface area contributed by atoms with Crippen LogP contribution >= 0.6 is 31.9 Å². The molecule has 4 nitrogen and oxygen atoms in total. The van der Waals surface area contributed by atoms with E-state index in [1.165, 1.54) is 6.42 Å². The third-order valence-electron chi connectivity index (χ3n) is 3.62. The van der Waals surface area contributed by atoms with E-state index in [1.54, 1.807) is 7.11 Å². The highest BCUT2D eigenvalue weighted by Crippen LogP contribution is 2.23. The fourth-order valence-corrected chi connectivity index (χ4v) is 3.71. The highest BCUT2D eigenvalue weighted by molar-refractivity contribution is 9.11. The van der Waals surface area contributed by atoms with E-state index >= 15 is 0 Å². The zero-order valence-electron chi connectivity index (χ0n) is 12.1. The summed E-state index contributed by atoms with van der Waals surface area (Å²) in [7, 11) is 1.66. The highest BCUT2D eigenvalue weighted by atomic mass is 79.9. The van der Waals surface area contributed by atoms with Gasteiger partial charge in [-0.25, -0.2) is 0 Å². The molecule has 1 heterocycles. The Morgan fingerprint density at radius 1 is 1.48 bits per heavy atom. The normalized spacial score (nSPS) is 18.0. The van der Waals surface area contributed by atoms with Crippen LogP contribution in [0, 0.1) is 0 Å². The summed E-state index contributed by atoms with van der Waals surface area (Å²) < 4.78 is 6.90. The first kappa shape index (κ1) is 16.9. The minimum absolute atomic E-state index is 0.0418. The quantitative estimate of drug-likeness (QED) is 0.770. The molecule has 1 N–H and O–H groups in total. The number of carbonyl (C=O) groups is 1. The molecule has 0 bridgehead atoms. The Balaban J connectivity index is 2.11. The van der Waals surface area contributed by atoms with Crippen LogP contribution in [0.3, 0.4) is 0 Å². The molecule has 1 unspecified atom stereocenters. The summed E-state index contributed by atoms with van der Waals surface area (Å²) in [5, 5.41) is 3.44. The number of amides is 1. The SMILES string of the molecule is COCCN(CC1CCCN1)C(=O)c1ccc(Br)cc1Br. The lowest BCUT2D eigenvalue weighted by atomic mass is 10.1. The average molecular weight is 420 g/mol. The summed E-state index contributed by atoms with van der Waals surface area (Å²) in [6.45, 7) is 2.92. The van der Waals surface area contributed by atoms with Crippen LogP contribution in [0.5, 0.6) is 0 Å². The number of ether oxygens (including phenoxy) is 1. The molecule has 1 fully saturated rings. The summed E-state index contributed by atoms with van der Waals surface area (Å²) in [5.74, 6) is 0.0418. The van der Waals surface area contributed by atoms with Gasteiger partial charge in [0.1, 0.15) is 0 Å². The maximum Gasteiger partial charge on any atom is 0.255 e. The Morgan fingerprint density at radius 2 is 2.29 bits per heavy atom. The largest absolute Gasteiger partial charge is 0.383 e. The Morgan fingerprint density at radius 3 is 2.90 bits per heavy atom. The molecule has 1 aromatic carbocycles. The maximum absolute atomic E-state index is 12.8. The molecule has 0 aliphatic carbocycles. The van der Waals surface area contributed by atoms with E-state index in [2.05, 4.69) is 37.2 Å². The second kappa shape index (κ2) is 8.27. The predicted molar refractivity (Wildman–Crippen MR) is 90.6 cm³/mol. The molecular formula is C15H20Br2N2O2. The van der Waals surface area contributed by atoms with Gasteiger partial charge in [0.15, 0.2) is 0 Å². The van der Waals surface area contributed by atoms with Crippen molar-refractivity contribution in [3.05, 3.63) is 32.7 Å². The van der Waals surface area contributed by atoms with E-state index < -0.39 is 0 Å². The van der Waals surface area contributed by atoms with E-state index in [-0.39, 0.29) is 5.91 Å². The van der Waals surface area contributed by atoms with E-state index in [0.717, 1.165) is 28.5 Å². The molecule has 21 heavy (non-hydrogen) atoms. The van der Waals surface area contributed by atoms with Crippen LogP contribution in [0.1, 0.15) is 23.2 Å². The number of nitrogens with zero attached hydrogens (tertiary/aromatic N) is 1. The van der Waals surface area contributed by atoms with Crippen LogP contribution in [0.25, 0.3) is 0 Å². The highest BCUT2D eigenvalue weighted by Gasteiger charge is 2.23. The second-order valence-corrected chi connectivity index (χ2v) is 6.93. The molecule has 1 aromatic rings. The first-order valence-electron chi connectivity index (χ1n) is 7.08. The fraction of sp³-hybridized carbons (Fsp3) is 0.533. The van der Waals surface area contributed by atoms with Gasteiger partial charge in [0.25, 0.3) is 5.91 Å². The number of nitrogens with one attached hydrogen (secondary N) is 1. The molecule has 116 valence electrons. The van der Waals surface area contributed by atoms with Crippen molar-refractivity contribution in [2.45, 2.75) is 18.9 Å². The molecule has 1 aliphatic rings. The number of halogens is 2. The first-order valence-corrected chi connectivity index (χ1v) is 8.67. The molecule has 1 amide bonds. The minimum atomic E-state index is 0.0418. The molecular weight excluding hydrogens is 400 g/mol. The van der Waals surface area contributed by atoms with Crippen molar-refractivity contribution in [2.24, 2.45) is 0 Å². The number of benzene rings is 1. The van der Waals surface area contributed by atoms with Crippen molar-refractivity contribution in [1.29, 1.82) is 0 Å². The van der Waals surface area contributed by atoms with Gasteiger partial charge in [0, 0.05) is 35.2 Å². The lowest BCUT2D eigenvalue weighted by Crippen LogP contribution is -2.42. The lowest BCUT2D eigenvalue weighted by molar-refractivity contribution is 0.0678. The van der Waals surface area contributed by atoms with E-state index in [0.29, 0.717) is 24.8 Å². The topological polar surface area (TPSA) is 41.6 Å². The zero-order chi connectivity index (χ0) is 15.2. The minimum Gasteiger partial charge on any atom is -0.383 e. The van der Waals surface area contributed by atoms with Crippen LogP contribution in [-0.2, 0) is 4.74 Å². The molecule has 0 aromatic heterocycles. The van der Waals surface area contributed by atoms with Crippen molar-refractivity contribution in [3.63, 3.8) is 0 Å². The molecule has 6 heteroatoms. The molecule has 1 saturated heterocycles. The van der Waals surface area contributed by atoms with Crippen molar-refractivity contribution < 1.29 is 9.53 Å². The van der Waals surface area contributed by atoms with Crippen molar-refractivity contribution in [2.75, 3.05) is 33.4 Å². The third kappa shape index (κ3) is 4.77. The van der Waals surface area contributed by atoms with Gasteiger partial charge in [-0.2, -0.15) is 0 Å². The van der Waals surface area contributed by atoms with E-state index in [9.17, 15) is 4.79 Å². The van der Waals surface area contributed by atoms with Crippen LogP contribution in [-0.4, -0.2) is 50.2 Å².